The third kappa shape index (κ3) is 2.13. The number of rotatable bonds is 3. The average Bonchev–Trinajstić information content (AvgIpc) is 2.45. The van der Waals surface area contributed by atoms with Crippen molar-refractivity contribution in [1.29, 1.82) is 0 Å². The SMILES string of the molecule is CNc1cncc(-c2ccccc2)c1C(=O)N1CCC1. The summed E-state index contributed by atoms with van der Waals surface area (Å²) in [7, 11) is 1.82. The van der Waals surface area contributed by atoms with Crippen molar-refractivity contribution in [1.82, 2.24) is 9.88 Å². The van der Waals surface area contributed by atoms with Crippen molar-refractivity contribution in [3.8, 4) is 11.1 Å². The van der Waals surface area contributed by atoms with Crippen molar-refractivity contribution >= 4 is 11.6 Å². The minimum Gasteiger partial charge on any atom is -0.386 e. The summed E-state index contributed by atoms with van der Waals surface area (Å²) in [5.41, 5.74) is 3.40. The van der Waals surface area contributed by atoms with Crippen molar-refractivity contribution in [2.24, 2.45) is 0 Å². The Morgan fingerprint density at radius 3 is 2.55 bits per heavy atom. The third-order valence-electron chi connectivity index (χ3n) is 3.66. The predicted molar refractivity (Wildman–Crippen MR) is 79.7 cm³/mol. The van der Waals surface area contributed by atoms with Gasteiger partial charge in [-0.15, -0.1) is 0 Å². The Kier molecular flexibility index (Phi) is 3.37. The Morgan fingerprint density at radius 2 is 1.95 bits per heavy atom. The van der Waals surface area contributed by atoms with Crippen molar-refractivity contribution in [2.75, 3.05) is 25.5 Å². The zero-order valence-electron chi connectivity index (χ0n) is 11.5. The minimum absolute atomic E-state index is 0.0850. The van der Waals surface area contributed by atoms with Gasteiger partial charge in [-0.2, -0.15) is 0 Å². The number of nitrogens with one attached hydrogen (secondary N) is 1. The number of benzene rings is 1. The number of hydrogen-bond acceptors (Lipinski definition) is 3. The summed E-state index contributed by atoms with van der Waals surface area (Å²) >= 11 is 0. The van der Waals surface area contributed by atoms with Crippen LogP contribution in [-0.4, -0.2) is 35.9 Å². The highest BCUT2D eigenvalue weighted by Gasteiger charge is 2.26. The molecule has 0 atom stereocenters. The van der Waals surface area contributed by atoms with Crippen molar-refractivity contribution < 1.29 is 4.79 Å². The van der Waals surface area contributed by atoms with Gasteiger partial charge in [0.1, 0.15) is 0 Å². The van der Waals surface area contributed by atoms with Crippen LogP contribution in [0.3, 0.4) is 0 Å². The molecule has 0 bridgehead atoms. The first-order valence-electron chi connectivity index (χ1n) is 6.81. The van der Waals surface area contributed by atoms with Gasteiger partial charge >= 0.3 is 0 Å². The fourth-order valence-electron chi connectivity index (χ4n) is 2.39. The molecule has 0 aliphatic carbocycles. The van der Waals surface area contributed by atoms with Gasteiger partial charge in [-0.25, -0.2) is 0 Å². The van der Waals surface area contributed by atoms with E-state index < -0.39 is 0 Å². The summed E-state index contributed by atoms with van der Waals surface area (Å²) < 4.78 is 0. The molecule has 102 valence electrons. The summed E-state index contributed by atoms with van der Waals surface area (Å²) in [5.74, 6) is 0.0850. The van der Waals surface area contributed by atoms with E-state index in [0.717, 1.165) is 36.3 Å². The molecule has 0 radical (unpaired) electrons. The average molecular weight is 267 g/mol. The normalized spacial score (nSPS) is 13.8. The lowest BCUT2D eigenvalue weighted by Crippen LogP contribution is -2.42. The van der Waals surface area contributed by atoms with E-state index in [0.29, 0.717) is 5.56 Å². The number of amides is 1. The molecule has 20 heavy (non-hydrogen) atoms. The smallest absolute Gasteiger partial charge is 0.256 e. The summed E-state index contributed by atoms with van der Waals surface area (Å²) in [6.45, 7) is 1.69. The van der Waals surface area contributed by atoms with Crippen LogP contribution >= 0.6 is 0 Å². The van der Waals surface area contributed by atoms with Gasteiger partial charge in [-0.1, -0.05) is 30.3 Å². The van der Waals surface area contributed by atoms with Crippen molar-refractivity contribution in [2.45, 2.75) is 6.42 Å². The van der Waals surface area contributed by atoms with Crippen LogP contribution in [0.25, 0.3) is 11.1 Å². The molecular weight excluding hydrogens is 250 g/mol. The molecule has 0 spiro atoms. The van der Waals surface area contributed by atoms with Crippen LogP contribution in [0.4, 0.5) is 5.69 Å². The molecule has 3 rings (SSSR count). The molecule has 0 unspecified atom stereocenters. The standard InChI is InChI=1S/C16H17N3O/c1-17-14-11-18-10-13(12-6-3-2-4-7-12)15(14)16(20)19-8-5-9-19/h2-4,6-7,10-11,17H,5,8-9H2,1H3. The number of nitrogens with zero attached hydrogens (tertiary/aromatic N) is 2. The van der Waals surface area contributed by atoms with E-state index in [2.05, 4.69) is 10.3 Å². The molecular formula is C16H17N3O. The molecule has 1 aliphatic rings. The molecule has 1 fully saturated rings. The molecule has 4 heteroatoms. The number of anilines is 1. The maximum Gasteiger partial charge on any atom is 0.256 e. The zero-order chi connectivity index (χ0) is 13.9. The van der Waals surface area contributed by atoms with Gasteiger partial charge in [-0.3, -0.25) is 9.78 Å². The van der Waals surface area contributed by atoms with Crippen LogP contribution < -0.4 is 5.32 Å². The first-order valence-corrected chi connectivity index (χ1v) is 6.81. The van der Waals surface area contributed by atoms with E-state index in [1.165, 1.54) is 0 Å². The van der Waals surface area contributed by atoms with Gasteiger partial charge in [0.15, 0.2) is 0 Å². The zero-order valence-corrected chi connectivity index (χ0v) is 11.5. The van der Waals surface area contributed by atoms with E-state index in [-0.39, 0.29) is 5.91 Å². The van der Waals surface area contributed by atoms with E-state index in [4.69, 9.17) is 0 Å². The largest absolute Gasteiger partial charge is 0.386 e. The molecule has 1 aliphatic heterocycles. The number of likely N-dealkylation sites (tertiary alicyclic amines) is 1. The maximum atomic E-state index is 12.7. The Morgan fingerprint density at radius 1 is 1.20 bits per heavy atom. The second-order valence-corrected chi connectivity index (χ2v) is 4.87. The van der Waals surface area contributed by atoms with Crippen LogP contribution in [0.15, 0.2) is 42.7 Å². The molecule has 1 aromatic heterocycles. The highest BCUT2D eigenvalue weighted by molar-refractivity contribution is 6.05. The Bertz CT molecular complexity index is 621. The number of carbonyl (C=O) groups is 1. The highest BCUT2D eigenvalue weighted by Crippen LogP contribution is 2.30. The van der Waals surface area contributed by atoms with Crippen molar-refractivity contribution in [3.63, 3.8) is 0 Å². The predicted octanol–water partition coefficient (Wildman–Crippen LogP) is 2.64. The summed E-state index contributed by atoms with van der Waals surface area (Å²) in [5, 5.41) is 3.08. The molecule has 2 aromatic rings. The Labute approximate surface area is 118 Å². The van der Waals surface area contributed by atoms with Gasteiger partial charge < -0.3 is 10.2 Å². The summed E-state index contributed by atoms with van der Waals surface area (Å²) in [4.78, 5) is 18.8. The second kappa shape index (κ2) is 5.33. The van der Waals surface area contributed by atoms with E-state index in [1.807, 2.05) is 42.3 Å². The van der Waals surface area contributed by atoms with Crippen LogP contribution in [-0.2, 0) is 0 Å². The molecule has 4 nitrogen and oxygen atoms in total. The van der Waals surface area contributed by atoms with Crippen LogP contribution in [0.1, 0.15) is 16.8 Å². The fourth-order valence-corrected chi connectivity index (χ4v) is 2.39. The van der Waals surface area contributed by atoms with Gasteiger partial charge in [0, 0.05) is 31.9 Å². The van der Waals surface area contributed by atoms with Gasteiger partial charge in [-0.05, 0) is 12.0 Å². The van der Waals surface area contributed by atoms with Crippen molar-refractivity contribution in [3.05, 3.63) is 48.3 Å². The van der Waals surface area contributed by atoms with E-state index in [9.17, 15) is 4.79 Å². The van der Waals surface area contributed by atoms with Gasteiger partial charge in [0.05, 0.1) is 17.4 Å². The summed E-state index contributed by atoms with van der Waals surface area (Å²) in [6.07, 6.45) is 4.56. The Hall–Kier alpha value is -2.36. The van der Waals surface area contributed by atoms with Crippen LogP contribution in [0.2, 0.25) is 0 Å². The second-order valence-electron chi connectivity index (χ2n) is 4.87. The number of carbonyl (C=O) groups excluding carboxylic acids is 1. The molecule has 1 saturated heterocycles. The molecule has 1 amide bonds. The monoisotopic (exact) mass is 267 g/mol. The fraction of sp³-hybridized carbons (Fsp3) is 0.250. The highest BCUT2D eigenvalue weighted by atomic mass is 16.2. The maximum absolute atomic E-state index is 12.7. The summed E-state index contributed by atoms with van der Waals surface area (Å²) in [6, 6.07) is 9.92. The number of aromatic nitrogens is 1. The lowest BCUT2D eigenvalue weighted by Gasteiger charge is -2.32. The number of pyridine rings is 1. The molecule has 0 saturated carbocycles. The van der Waals surface area contributed by atoms with Crippen LogP contribution in [0.5, 0.6) is 0 Å². The Balaban J connectivity index is 2.12. The van der Waals surface area contributed by atoms with E-state index in [1.54, 1.807) is 12.4 Å². The van der Waals surface area contributed by atoms with Crippen LogP contribution in [0, 0.1) is 0 Å². The minimum atomic E-state index is 0.0850. The first-order chi connectivity index (χ1) is 9.81. The first kappa shape index (κ1) is 12.7. The van der Waals surface area contributed by atoms with E-state index >= 15 is 0 Å². The molecule has 1 aromatic carbocycles. The lowest BCUT2D eigenvalue weighted by atomic mass is 9.98. The lowest BCUT2D eigenvalue weighted by molar-refractivity contribution is 0.0653. The third-order valence-corrected chi connectivity index (χ3v) is 3.66. The van der Waals surface area contributed by atoms with Gasteiger partial charge in [0.25, 0.3) is 5.91 Å². The van der Waals surface area contributed by atoms with Gasteiger partial charge in [0.2, 0.25) is 0 Å². The molecule has 1 N–H and O–H groups in total. The number of hydrogen-bond donors (Lipinski definition) is 1. The molecule has 2 heterocycles. The topological polar surface area (TPSA) is 45.2 Å². The quantitative estimate of drug-likeness (QED) is 0.929.